The molecule has 0 atom stereocenters. The van der Waals surface area contributed by atoms with Gasteiger partial charge in [-0.2, -0.15) is 0 Å². The summed E-state index contributed by atoms with van der Waals surface area (Å²) in [6.45, 7) is 6.30. The molecule has 0 saturated heterocycles. The molecular weight excluding hydrogens is 424 g/mol. The molecular formula is C29H64N2O3. The van der Waals surface area contributed by atoms with Crippen LogP contribution in [0.4, 0.5) is 4.79 Å². The molecule has 0 aliphatic rings. The molecule has 6 N–H and O–H groups in total. The van der Waals surface area contributed by atoms with Crippen LogP contribution in [-0.2, 0) is 0 Å². The number of nitrogens with two attached hydrogens (primary N) is 2. The molecule has 0 radical (unpaired) electrons. The molecule has 0 spiro atoms. The quantitative estimate of drug-likeness (QED) is 0.101. The Labute approximate surface area is 213 Å². The first-order chi connectivity index (χ1) is 16.6. The first-order valence-corrected chi connectivity index (χ1v) is 14.9. The van der Waals surface area contributed by atoms with Gasteiger partial charge in [-0.05, 0) is 25.9 Å². The van der Waals surface area contributed by atoms with Crippen LogP contribution in [0.1, 0.15) is 168 Å². The summed E-state index contributed by atoms with van der Waals surface area (Å²) in [7, 11) is 0. The van der Waals surface area contributed by atoms with Crippen molar-refractivity contribution in [3.8, 4) is 0 Å². The molecule has 34 heavy (non-hydrogen) atoms. The maximum absolute atomic E-state index is 8.56. The Morgan fingerprint density at radius 2 is 0.559 bits per heavy atom. The van der Waals surface area contributed by atoms with E-state index < -0.39 is 6.16 Å². The summed E-state index contributed by atoms with van der Waals surface area (Å²) in [6, 6.07) is 0. The standard InChI is InChI=1S/2C14H31N.CH2O3/c2*1-2-3-4-5-6-7-8-9-10-11-12-13-14-15;2-1(3)4/h2*2-15H2,1H3;(H2,2,3,4). The van der Waals surface area contributed by atoms with E-state index in [4.69, 9.17) is 26.5 Å². The molecule has 0 aromatic carbocycles. The lowest BCUT2D eigenvalue weighted by atomic mass is 10.1. The summed E-state index contributed by atoms with van der Waals surface area (Å²) >= 11 is 0. The van der Waals surface area contributed by atoms with Gasteiger partial charge >= 0.3 is 6.16 Å². The third-order valence-electron chi connectivity index (χ3n) is 6.12. The van der Waals surface area contributed by atoms with Gasteiger partial charge in [0.25, 0.3) is 0 Å². The predicted octanol–water partition coefficient (Wildman–Crippen LogP) is 9.51. The van der Waals surface area contributed by atoms with Crippen LogP contribution in [0, 0.1) is 0 Å². The van der Waals surface area contributed by atoms with Crippen molar-refractivity contribution in [3.05, 3.63) is 0 Å². The Morgan fingerprint density at radius 3 is 0.706 bits per heavy atom. The lowest BCUT2D eigenvalue weighted by molar-refractivity contribution is 0.137. The molecule has 0 aliphatic carbocycles. The predicted molar refractivity (Wildman–Crippen MR) is 151 cm³/mol. The first-order valence-electron chi connectivity index (χ1n) is 14.9. The molecule has 0 heterocycles. The Hall–Kier alpha value is -0.810. The van der Waals surface area contributed by atoms with E-state index in [9.17, 15) is 0 Å². The van der Waals surface area contributed by atoms with Crippen molar-refractivity contribution < 1.29 is 15.0 Å². The zero-order valence-corrected chi connectivity index (χ0v) is 23.3. The Morgan fingerprint density at radius 1 is 0.412 bits per heavy atom. The number of unbranched alkanes of at least 4 members (excludes halogenated alkanes) is 22. The van der Waals surface area contributed by atoms with Gasteiger partial charge in [0.15, 0.2) is 0 Å². The van der Waals surface area contributed by atoms with E-state index in [0.29, 0.717) is 0 Å². The fourth-order valence-electron chi connectivity index (χ4n) is 3.97. The van der Waals surface area contributed by atoms with Gasteiger partial charge in [-0.15, -0.1) is 0 Å². The smallest absolute Gasteiger partial charge is 0.450 e. The summed E-state index contributed by atoms with van der Waals surface area (Å²) < 4.78 is 0. The van der Waals surface area contributed by atoms with Crippen LogP contribution in [0.25, 0.3) is 0 Å². The van der Waals surface area contributed by atoms with Crippen molar-refractivity contribution in [2.75, 3.05) is 13.1 Å². The van der Waals surface area contributed by atoms with E-state index in [1.807, 2.05) is 0 Å². The Bertz CT molecular complexity index is 287. The summed E-state index contributed by atoms with van der Waals surface area (Å²) in [4.78, 5) is 8.56. The van der Waals surface area contributed by atoms with Crippen molar-refractivity contribution in [2.24, 2.45) is 11.5 Å². The van der Waals surface area contributed by atoms with Gasteiger partial charge in [-0.1, -0.05) is 155 Å². The van der Waals surface area contributed by atoms with E-state index in [1.165, 1.54) is 154 Å². The van der Waals surface area contributed by atoms with Gasteiger partial charge < -0.3 is 21.7 Å². The van der Waals surface area contributed by atoms with Crippen LogP contribution in [0.2, 0.25) is 0 Å². The molecule has 0 unspecified atom stereocenters. The number of rotatable bonds is 24. The molecule has 0 rings (SSSR count). The van der Waals surface area contributed by atoms with Crippen LogP contribution in [-0.4, -0.2) is 29.5 Å². The Kier molecular flexibility index (Phi) is 43.7. The minimum Gasteiger partial charge on any atom is -0.450 e. The number of hydrogen-bond donors (Lipinski definition) is 4. The SMILES string of the molecule is CCCCCCCCCCCCCCN.CCCCCCCCCCCCCCN.O=C(O)O. The van der Waals surface area contributed by atoms with E-state index in [2.05, 4.69) is 13.8 Å². The van der Waals surface area contributed by atoms with Crippen LogP contribution in [0.5, 0.6) is 0 Å². The van der Waals surface area contributed by atoms with E-state index >= 15 is 0 Å². The number of carboxylic acid groups (broad SMARTS) is 2. The topological polar surface area (TPSA) is 110 Å². The minimum absolute atomic E-state index is 0.872. The van der Waals surface area contributed by atoms with Crippen LogP contribution in [0.15, 0.2) is 0 Å². The fourth-order valence-corrected chi connectivity index (χ4v) is 3.97. The second-order valence-corrected chi connectivity index (χ2v) is 9.64. The first kappa shape index (κ1) is 37.7. The summed E-state index contributed by atoms with van der Waals surface area (Å²) in [5, 5.41) is 13.9. The third kappa shape index (κ3) is 52.9. The molecule has 0 bridgehead atoms. The van der Waals surface area contributed by atoms with Gasteiger partial charge in [0, 0.05) is 0 Å². The molecule has 0 amide bonds. The van der Waals surface area contributed by atoms with Crippen LogP contribution in [0.3, 0.4) is 0 Å². The largest absolute Gasteiger partial charge is 0.503 e. The third-order valence-corrected chi connectivity index (χ3v) is 6.12. The van der Waals surface area contributed by atoms with E-state index in [-0.39, 0.29) is 0 Å². The molecule has 0 aromatic heterocycles. The van der Waals surface area contributed by atoms with Crippen molar-refractivity contribution in [1.82, 2.24) is 0 Å². The number of hydrogen-bond acceptors (Lipinski definition) is 3. The monoisotopic (exact) mass is 488 g/mol. The maximum Gasteiger partial charge on any atom is 0.503 e. The Balaban J connectivity index is -0.000000488. The highest BCUT2D eigenvalue weighted by Gasteiger charge is 1.93. The molecule has 5 nitrogen and oxygen atoms in total. The molecule has 5 heteroatoms. The van der Waals surface area contributed by atoms with Gasteiger partial charge in [0.1, 0.15) is 0 Å². The van der Waals surface area contributed by atoms with Crippen molar-refractivity contribution >= 4 is 6.16 Å². The zero-order chi connectivity index (χ0) is 26.0. The van der Waals surface area contributed by atoms with E-state index in [1.54, 1.807) is 0 Å². The minimum atomic E-state index is -1.83. The fraction of sp³-hybridized carbons (Fsp3) is 0.966. The molecule has 0 fully saturated rings. The zero-order valence-electron chi connectivity index (χ0n) is 23.3. The van der Waals surface area contributed by atoms with Crippen molar-refractivity contribution in [1.29, 1.82) is 0 Å². The summed E-state index contributed by atoms with van der Waals surface area (Å²) in [5.41, 5.74) is 10.9. The maximum atomic E-state index is 8.56. The van der Waals surface area contributed by atoms with Crippen LogP contribution >= 0.6 is 0 Å². The van der Waals surface area contributed by atoms with Crippen molar-refractivity contribution in [3.63, 3.8) is 0 Å². The van der Waals surface area contributed by atoms with Crippen LogP contribution < -0.4 is 11.5 Å². The molecule has 0 aliphatic heterocycles. The molecule has 0 saturated carbocycles. The number of carbonyl (C=O) groups is 1. The van der Waals surface area contributed by atoms with Crippen molar-refractivity contribution in [2.45, 2.75) is 168 Å². The van der Waals surface area contributed by atoms with Gasteiger partial charge in [-0.25, -0.2) is 4.79 Å². The average molecular weight is 489 g/mol. The second kappa shape index (κ2) is 39.4. The lowest BCUT2D eigenvalue weighted by Gasteiger charge is -2.01. The van der Waals surface area contributed by atoms with Gasteiger partial charge in [0.2, 0.25) is 0 Å². The average Bonchev–Trinajstić information content (AvgIpc) is 2.81. The van der Waals surface area contributed by atoms with Gasteiger partial charge in [0.05, 0.1) is 0 Å². The normalized spacial score (nSPS) is 10.2. The molecule has 208 valence electrons. The molecule has 0 aromatic rings. The highest BCUT2D eigenvalue weighted by molar-refractivity contribution is 5.53. The highest BCUT2D eigenvalue weighted by atomic mass is 16.6. The summed E-state index contributed by atoms with van der Waals surface area (Å²) in [5.74, 6) is 0. The second-order valence-electron chi connectivity index (χ2n) is 9.64. The highest BCUT2D eigenvalue weighted by Crippen LogP contribution is 2.12. The van der Waals surface area contributed by atoms with E-state index in [0.717, 1.165) is 13.1 Å². The summed E-state index contributed by atoms with van der Waals surface area (Å²) in [6.07, 6.45) is 32.0. The van der Waals surface area contributed by atoms with Gasteiger partial charge in [-0.3, -0.25) is 0 Å². The lowest BCUT2D eigenvalue weighted by Crippen LogP contribution is -1.97.